The number of hydrogen-bond donors (Lipinski definition) is 0. The molecule has 2 nitrogen and oxygen atoms in total. The molecule has 1 heterocycles. The van der Waals surface area contributed by atoms with Gasteiger partial charge in [-0.15, -0.1) is 0 Å². The maximum Gasteiger partial charge on any atom is 0.129 e. The van der Waals surface area contributed by atoms with Crippen LogP contribution in [0.1, 0.15) is 59.8 Å². The number of carbonyl (C=O) groups excluding carboxylic acids is 1. The van der Waals surface area contributed by atoms with Crippen molar-refractivity contribution in [3.8, 4) is 0 Å². The zero-order chi connectivity index (χ0) is 12.7. The molecular formula is C15H26O2. The maximum absolute atomic E-state index is 11.2. The highest BCUT2D eigenvalue weighted by molar-refractivity contribution is 5.75. The molecule has 98 valence electrons. The van der Waals surface area contributed by atoms with Gasteiger partial charge in [0.25, 0.3) is 0 Å². The van der Waals surface area contributed by atoms with Gasteiger partial charge in [-0.2, -0.15) is 0 Å². The Kier molecular flexibility index (Phi) is 3.37. The van der Waals surface area contributed by atoms with Crippen LogP contribution in [0.4, 0.5) is 0 Å². The zero-order valence-corrected chi connectivity index (χ0v) is 11.7. The van der Waals surface area contributed by atoms with Crippen molar-refractivity contribution in [1.82, 2.24) is 0 Å². The van der Waals surface area contributed by atoms with Gasteiger partial charge in [0.1, 0.15) is 5.78 Å². The highest BCUT2D eigenvalue weighted by Crippen LogP contribution is 2.53. The van der Waals surface area contributed by atoms with Crippen LogP contribution in [0.3, 0.4) is 0 Å². The van der Waals surface area contributed by atoms with E-state index in [1.54, 1.807) is 6.92 Å². The van der Waals surface area contributed by atoms with E-state index in [-0.39, 0.29) is 5.60 Å². The van der Waals surface area contributed by atoms with E-state index in [1.807, 2.05) is 0 Å². The molecule has 1 saturated carbocycles. The highest BCUT2D eigenvalue weighted by Gasteiger charge is 2.54. The van der Waals surface area contributed by atoms with E-state index in [4.69, 9.17) is 4.74 Å². The minimum Gasteiger partial charge on any atom is -0.369 e. The second-order valence-electron chi connectivity index (χ2n) is 7.13. The average Bonchev–Trinajstić information content (AvgIpc) is 2.95. The molecule has 1 saturated heterocycles. The van der Waals surface area contributed by atoms with Crippen LogP contribution in [0, 0.1) is 17.3 Å². The molecule has 17 heavy (non-hydrogen) atoms. The first-order valence-corrected chi connectivity index (χ1v) is 6.97. The molecule has 2 aliphatic rings. The second-order valence-corrected chi connectivity index (χ2v) is 7.13. The molecule has 0 aromatic carbocycles. The first-order chi connectivity index (χ1) is 7.83. The summed E-state index contributed by atoms with van der Waals surface area (Å²) in [5, 5.41) is 0. The fourth-order valence-electron chi connectivity index (χ4n) is 3.32. The third-order valence-electron chi connectivity index (χ3n) is 4.81. The lowest BCUT2D eigenvalue weighted by Gasteiger charge is -2.41. The number of epoxide rings is 1. The Hall–Kier alpha value is -0.370. The highest BCUT2D eigenvalue weighted by atomic mass is 16.6. The molecule has 1 aliphatic carbocycles. The summed E-state index contributed by atoms with van der Waals surface area (Å²) in [7, 11) is 0. The lowest BCUT2D eigenvalue weighted by molar-refractivity contribution is -0.117. The van der Waals surface area contributed by atoms with Crippen molar-refractivity contribution in [3.05, 3.63) is 0 Å². The SMILES string of the molecule is CC(=O)CC[C@@H]1C[C@H](C(C)(C)C)CC[C@]12CO2. The van der Waals surface area contributed by atoms with E-state index in [9.17, 15) is 4.79 Å². The lowest BCUT2D eigenvalue weighted by Crippen LogP contribution is -2.37. The molecule has 2 rings (SSSR count). The molecule has 0 amide bonds. The predicted octanol–water partition coefficient (Wildman–Crippen LogP) is 3.59. The van der Waals surface area contributed by atoms with Gasteiger partial charge in [-0.05, 0) is 49.9 Å². The summed E-state index contributed by atoms with van der Waals surface area (Å²) in [4.78, 5) is 11.2. The topological polar surface area (TPSA) is 29.6 Å². The minimum atomic E-state index is 0.178. The average molecular weight is 238 g/mol. The summed E-state index contributed by atoms with van der Waals surface area (Å²) < 4.78 is 5.73. The molecule has 1 aliphatic heterocycles. The van der Waals surface area contributed by atoms with Gasteiger partial charge >= 0.3 is 0 Å². The van der Waals surface area contributed by atoms with Crippen molar-refractivity contribution in [2.75, 3.05) is 6.61 Å². The summed E-state index contributed by atoms with van der Waals surface area (Å²) in [6.07, 6.45) is 5.50. The van der Waals surface area contributed by atoms with Crippen molar-refractivity contribution in [2.24, 2.45) is 17.3 Å². The van der Waals surface area contributed by atoms with Gasteiger partial charge in [-0.1, -0.05) is 20.8 Å². The number of rotatable bonds is 3. The van der Waals surface area contributed by atoms with E-state index < -0.39 is 0 Å². The van der Waals surface area contributed by atoms with Crippen LogP contribution in [0.25, 0.3) is 0 Å². The fourth-order valence-corrected chi connectivity index (χ4v) is 3.32. The van der Waals surface area contributed by atoms with Crippen LogP contribution in [0.2, 0.25) is 0 Å². The standard InChI is InChI=1S/C15H26O2/c1-11(16)5-6-13-9-12(14(2,3)4)7-8-15(13)10-17-15/h12-13H,5-10H2,1-4H3/t12-,13-,15+/m1/s1. The third-order valence-corrected chi connectivity index (χ3v) is 4.81. The molecule has 0 bridgehead atoms. The van der Waals surface area contributed by atoms with E-state index >= 15 is 0 Å². The van der Waals surface area contributed by atoms with Crippen LogP contribution in [0.5, 0.6) is 0 Å². The number of carbonyl (C=O) groups is 1. The van der Waals surface area contributed by atoms with Crippen LogP contribution in [0.15, 0.2) is 0 Å². The van der Waals surface area contributed by atoms with Crippen molar-refractivity contribution < 1.29 is 9.53 Å². The van der Waals surface area contributed by atoms with E-state index in [2.05, 4.69) is 20.8 Å². The van der Waals surface area contributed by atoms with Gasteiger partial charge < -0.3 is 9.53 Å². The molecule has 0 aromatic heterocycles. The molecule has 2 fully saturated rings. The van der Waals surface area contributed by atoms with E-state index in [1.165, 1.54) is 19.3 Å². The predicted molar refractivity (Wildman–Crippen MR) is 68.9 cm³/mol. The van der Waals surface area contributed by atoms with Gasteiger partial charge in [0.05, 0.1) is 12.2 Å². The molecule has 0 aromatic rings. The Bertz CT molecular complexity index is 297. The Balaban J connectivity index is 1.97. The fraction of sp³-hybridized carbons (Fsp3) is 0.933. The second kappa shape index (κ2) is 4.38. The summed E-state index contributed by atoms with van der Waals surface area (Å²) in [6, 6.07) is 0. The number of ketones is 1. The number of ether oxygens (including phenoxy) is 1. The first kappa shape index (κ1) is 13.1. The van der Waals surface area contributed by atoms with Crippen molar-refractivity contribution >= 4 is 5.78 Å². The van der Waals surface area contributed by atoms with Crippen LogP contribution in [-0.4, -0.2) is 18.0 Å². The monoisotopic (exact) mass is 238 g/mol. The summed E-state index contributed by atoms with van der Waals surface area (Å²) in [5.41, 5.74) is 0.572. The molecule has 2 heteroatoms. The van der Waals surface area contributed by atoms with Crippen molar-refractivity contribution in [3.63, 3.8) is 0 Å². The molecule has 0 unspecified atom stereocenters. The smallest absolute Gasteiger partial charge is 0.129 e. The molecule has 0 N–H and O–H groups in total. The largest absolute Gasteiger partial charge is 0.369 e. The van der Waals surface area contributed by atoms with Gasteiger partial charge in [0, 0.05) is 6.42 Å². The third kappa shape index (κ3) is 2.90. The van der Waals surface area contributed by atoms with Crippen LogP contribution >= 0.6 is 0 Å². The Morgan fingerprint density at radius 1 is 1.41 bits per heavy atom. The Labute approximate surface area is 105 Å². The molecule has 1 spiro atoms. The normalized spacial score (nSPS) is 37.2. The number of Topliss-reactive ketones (excluding diaryl/α,β-unsaturated/α-hetero) is 1. The van der Waals surface area contributed by atoms with Crippen LogP contribution in [-0.2, 0) is 9.53 Å². The van der Waals surface area contributed by atoms with Crippen LogP contribution < -0.4 is 0 Å². The van der Waals surface area contributed by atoms with Gasteiger partial charge in [-0.25, -0.2) is 0 Å². The van der Waals surface area contributed by atoms with Crippen molar-refractivity contribution in [1.29, 1.82) is 0 Å². The molecular weight excluding hydrogens is 212 g/mol. The van der Waals surface area contributed by atoms with E-state index in [0.29, 0.717) is 17.1 Å². The minimum absolute atomic E-state index is 0.178. The van der Waals surface area contributed by atoms with Gasteiger partial charge in [0.15, 0.2) is 0 Å². The quantitative estimate of drug-likeness (QED) is 0.703. The molecule has 0 radical (unpaired) electrons. The van der Waals surface area contributed by atoms with Crippen molar-refractivity contribution in [2.45, 2.75) is 65.4 Å². The zero-order valence-electron chi connectivity index (χ0n) is 11.7. The van der Waals surface area contributed by atoms with Gasteiger partial charge in [-0.3, -0.25) is 0 Å². The molecule has 3 atom stereocenters. The maximum atomic E-state index is 11.2. The van der Waals surface area contributed by atoms with E-state index in [0.717, 1.165) is 25.4 Å². The Morgan fingerprint density at radius 3 is 2.53 bits per heavy atom. The van der Waals surface area contributed by atoms with Gasteiger partial charge in [0.2, 0.25) is 0 Å². The first-order valence-electron chi connectivity index (χ1n) is 6.97. The lowest BCUT2D eigenvalue weighted by atomic mass is 9.64. The summed E-state index contributed by atoms with van der Waals surface area (Å²) >= 11 is 0. The number of hydrogen-bond acceptors (Lipinski definition) is 2. The summed E-state index contributed by atoms with van der Waals surface area (Å²) in [6.45, 7) is 9.65. The summed E-state index contributed by atoms with van der Waals surface area (Å²) in [5.74, 6) is 1.72. The Morgan fingerprint density at radius 2 is 2.06 bits per heavy atom.